The van der Waals surface area contributed by atoms with Gasteiger partial charge in [-0.3, -0.25) is 19.7 Å². The average molecular weight is 952 g/mol. The Morgan fingerprint density at radius 1 is 0.730 bits per heavy atom. The molecule has 0 spiro atoms. The SMILES string of the molecule is COc1nc(C2=NC(c3ccc(F)c(C(F)(F)F)c3)CON2)ccc1-n1cnc(C)c1.COc1nc(C2=NC(c3ccc(F)c(C(F)(F)F)c3)CON2)ccc1Br.Cc1cnc[nH]1. The molecule has 23 heteroatoms. The van der Waals surface area contributed by atoms with Crippen molar-refractivity contribution in [3.05, 3.63) is 147 Å². The van der Waals surface area contributed by atoms with Crippen molar-refractivity contribution < 1.29 is 54.3 Å². The van der Waals surface area contributed by atoms with E-state index in [-0.39, 0.29) is 36.0 Å². The van der Waals surface area contributed by atoms with E-state index in [4.69, 9.17) is 19.1 Å². The molecule has 0 saturated carbocycles. The second kappa shape index (κ2) is 19.7. The molecule has 2 atom stereocenters. The zero-order valence-corrected chi connectivity index (χ0v) is 34.9. The lowest BCUT2D eigenvalue weighted by Gasteiger charge is -2.23. The standard InChI is InChI=1S/C20H17F4N5O2.C16H12BrF4N3O2.C4H6N2/c1-11-8-29(10-25-11)17-6-5-15(27-19(17)30-2)18-26-16(9-31-28-18)12-3-4-14(21)13(7-12)20(22,23)24;1-25-15-10(17)3-5-12(23-15)14-22-13(7-26-24-14)8-2-4-11(18)9(6-8)16(19,20)21;1-4-2-5-3-6-4/h3-8,10,16H,9H2,1-2H3,(H,26,28);2-6,13H,7H2,1H3,(H,22,24);2-3H,1H3,(H,5,6). The third-order valence-electron chi connectivity index (χ3n) is 8.90. The average Bonchev–Trinajstić information content (AvgIpc) is 3.94. The Labute approximate surface area is 361 Å². The highest BCUT2D eigenvalue weighted by atomic mass is 79.9. The van der Waals surface area contributed by atoms with Crippen LogP contribution in [-0.2, 0) is 22.0 Å². The number of pyridine rings is 2. The number of aromatic amines is 1. The number of aromatic nitrogens is 6. The summed E-state index contributed by atoms with van der Waals surface area (Å²) in [7, 11) is 2.91. The number of rotatable bonds is 7. The van der Waals surface area contributed by atoms with Gasteiger partial charge in [0.1, 0.15) is 54.0 Å². The van der Waals surface area contributed by atoms with E-state index in [1.54, 1.807) is 47.7 Å². The minimum absolute atomic E-state index is 0.0138. The van der Waals surface area contributed by atoms with Crippen molar-refractivity contribution in [1.82, 2.24) is 40.4 Å². The molecule has 4 aromatic heterocycles. The van der Waals surface area contributed by atoms with Gasteiger partial charge < -0.3 is 19.0 Å². The van der Waals surface area contributed by atoms with E-state index in [1.807, 2.05) is 20.0 Å². The van der Waals surface area contributed by atoms with Crippen LogP contribution in [0.5, 0.6) is 11.8 Å². The van der Waals surface area contributed by atoms with Crippen molar-refractivity contribution in [1.29, 1.82) is 0 Å². The lowest BCUT2D eigenvalue weighted by atomic mass is 10.0. The first-order valence-electron chi connectivity index (χ1n) is 18.3. The minimum Gasteiger partial charge on any atom is -0.480 e. The van der Waals surface area contributed by atoms with Crippen LogP contribution in [0, 0.1) is 25.5 Å². The summed E-state index contributed by atoms with van der Waals surface area (Å²) >= 11 is 3.28. The molecule has 6 aromatic rings. The fourth-order valence-corrected chi connectivity index (χ4v) is 6.20. The maximum Gasteiger partial charge on any atom is 0.419 e. The van der Waals surface area contributed by atoms with Crippen LogP contribution in [-0.4, -0.2) is 68.6 Å². The van der Waals surface area contributed by atoms with Crippen molar-refractivity contribution in [2.45, 2.75) is 38.3 Å². The van der Waals surface area contributed by atoms with E-state index >= 15 is 0 Å². The summed E-state index contributed by atoms with van der Waals surface area (Å²) in [5, 5.41) is 0. The monoisotopic (exact) mass is 950 g/mol. The highest BCUT2D eigenvalue weighted by molar-refractivity contribution is 9.10. The summed E-state index contributed by atoms with van der Waals surface area (Å²) in [6.07, 6.45) is -2.73. The molecule has 0 radical (unpaired) electrons. The first-order chi connectivity index (χ1) is 29.9. The number of hydroxylamine groups is 2. The van der Waals surface area contributed by atoms with Gasteiger partial charge in [-0.25, -0.2) is 39.7 Å². The van der Waals surface area contributed by atoms with E-state index in [2.05, 4.69) is 61.8 Å². The quantitative estimate of drug-likeness (QED) is 0.133. The van der Waals surface area contributed by atoms with Crippen molar-refractivity contribution in [2.24, 2.45) is 9.98 Å². The second-order valence-corrected chi connectivity index (χ2v) is 14.2. The largest absolute Gasteiger partial charge is 0.480 e. The highest BCUT2D eigenvalue weighted by Gasteiger charge is 2.36. The number of benzene rings is 2. The van der Waals surface area contributed by atoms with Crippen LogP contribution in [0.4, 0.5) is 35.1 Å². The predicted octanol–water partition coefficient (Wildman–Crippen LogP) is 8.52. The second-order valence-electron chi connectivity index (χ2n) is 13.4. The molecule has 2 aliphatic heterocycles. The Hall–Kier alpha value is -6.46. The number of amidine groups is 2. The van der Waals surface area contributed by atoms with Crippen molar-refractivity contribution in [3.63, 3.8) is 0 Å². The zero-order valence-electron chi connectivity index (χ0n) is 33.3. The number of aliphatic imine (C=N–C) groups is 2. The number of imidazole rings is 2. The molecule has 2 aliphatic rings. The molecule has 2 aromatic carbocycles. The van der Waals surface area contributed by atoms with Crippen molar-refractivity contribution in [3.8, 4) is 17.4 Å². The maximum atomic E-state index is 13.6. The number of halogens is 9. The van der Waals surface area contributed by atoms with E-state index < -0.39 is 47.2 Å². The van der Waals surface area contributed by atoms with Gasteiger partial charge in [0.15, 0.2) is 11.7 Å². The minimum atomic E-state index is -4.81. The molecule has 0 fully saturated rings. The van der Waals surface area contributed by atoms with Crippen LogP contribution >= 0.6 is 15.9 Å². The Morgan fingerprint density at radius 2 is 1.25 bits per heavy atom. The summed E-state index contributed by atoms with van der Waals surface area (Å²) in [5.41, 5.74) is 6.19. The Morgan fingerprint density at radius 3 is 1.68 bits per heavy atom. The lowest BCUT2D eigenvalue weighted by molar-refractivity contribution is -0.140. The first-order valence-corrected chi connectivity index (χ1v) is 19.1. The molecule has 332 valence electrons. The Bertz CT molecular complexity index is 2590. The van der Waals surface area contributed by atoms with E-state index in [0.717, 1.165) is 35.7 Å². The number of hydrogen-bond donors (Lipinski definition) is 3. The molecule has 0 saturated heterocycles. The van der Waals surface area contributed by atoms with Gasteiger partial charge in [0.05, 0.1) is 48.2 Å². The number of ether oxygens (including phenoxy) is 2. The fraction of sp³-hybridized carbons (Fsp3) is 0.250. The molecular weight excluding hydrogens is 916 g/mol. The van der Waals surface area contributed by atoms with E-state index in [0.29, 0.717) is 33.3 Å². The molecule has 0 amide bonds. The van der Waals surface area contributed by atoms with E-state index in [9.17, 15) is 35.1 Å². The molecular formula is C40H35BrF8N10O4. The van der Waals surface area contributed by atoms with Gasteiger partial charge >= 0.3 is 12.4 Å². The molecule has 8 rings (SSSR count). The van der Waals surface area contributed by atoms with Crippen molar-refractivity contribution in [2.75, 3.05) is 27.4 Å². The smallest absolute Gasteiger partial charge is 0.419 e. The van der Waals surface area contributed by atoms with Crippen LogP contribution in [0.3, 0.4) is 0 Å². The van der Waals surface area contributed by atoms with Gasteiger partial charge in [-0.2, -0.15) is 26.3 Å². The normalized spacial score (nSPS) is 16.2. The summed E-state index contributed by atoms with van der Waals surface area (Å²) in [4.78, 5) is 38.7. The maximum absolute atomic E-state index is 13.6. The topological polar surface area (TPSA) is 158 Å². The van der Waals surface area contributed by atoms with Gasteiger partial charge in [0, 0.05) is 18.1 Å². The number of methoxy groups -OCH3 is 2. The van der Waals surface area contributed by atoms with Crippen LogP contribution in [0.15, 0.2) is 100 Å². The summed E-state index contributed by atoms with van der Waals surface area (Å²) < 4.78 is 118. The number of aryl methyl sites for hydroxylation is 2. The Kier molecular flexibility index (Phi) is 14.4. The molecule has 0 bridgehead atoms. The van der Waals surface area contributed by atoms with Gasteiger partial charge in [-0.05, 0) is 89.4 Å². The predicted molar refractivity (Wildman–Crippen MR) is 214 cm³/mol. The molecule has 14 nitrogen and oxygen atoms in total. The molecule has 3 N–H and O–H groups in total. The number of alkyl halides is 6. The molecule has 0 aliphatic carbocycles. The van der Waals surface area contributed by atoms with Gasteiger partial charge in [0.25, 0.3) is 0 Å². The summed E-state index contributed by atoms with van der Waals surface area (Å²) in [6, 6.07) is 10.8. The molecule has 2 unspecified atom stereocenters. The van der Waals surface area contributed by atoms with Gasteiger partial charge in [-0.1, -0.05) is 12.1 Å². The highest BCUT2D eigenvalue weighted by Crippen LogP contribution is 2.36. The molecule has 63 heavy (non-hydrogen) atoms. The van der Waals surface area contributed by atoms with Crippen LogP contribution in [0.1, 0.15) is 57.1 Å². The zero-order chi connectivity index (χ0) is 45.5. The van der Waals surface area contributed by atoms with E-state index in [1.165, 1.54) is 26.4 Å². The first kappa shape index (κ1) is 46.1. The Balaban J connectivity index is 0.000000187. The van der Waals surface area contributed by atoms with Crippen LogP contribution in [0.2, 0.25) is 0 Å². The number of nitrogens with one attached hydrogen (secondary N) is 3. The van der Waals surface area contributed by atoms with Gasteiger partial charge in [-0.15, -0.1) is 0 Å². The third kappa shape index (κ3) is 11.5. The number of hydrogen-bond acceptors (Lipinski definition) is 12. The number of nitrogens with zero attached hydrogens (tertiary/aromatic N) is 7. The summed E-state index contributed by atoms with van der Waals surface area (Å²) in [5.74, 6) is -1.63. The summed E-state index contributed by atoms with van der Waals surface area (Å²) in [6.45, 7) is 3.77. The van der Waals surface area contributed by atoms with Crippen LogP contribution in [0.25, 0.3) is 5.69 Å². The van der Waals surface area contributed by atoms with Crippen LogP contribution < -0.4 is 20.4 Å². The number of H-pyrrole nitrogens is 1. The van der Waals surface area contributed by atoms with Crippen molar-refractivity contribution >= 4 is 27.6 Å². The third-order valence-corrected chi connectivity index (χ3v) is 9.51. The van der Waals surface area contributed by atoms with Gasteiger partial charge in [0.2, 0.25) is 11.8 Å². The fourth-order valence-electron chi connectivity index (χ4n) is 5.82. The lowest BCUT2D eigenvalue weighted by Crippen LogP contribution is -2.33. The molecule has 6 heterocycles.